The molecule has 0 unspecified atom stereocenters. The molecule has 142 valence electrons. The van der Waals surface area contributed by atoms with Gasteiger partial charge in [-0.3, -0.25) is 14.5 Å². The molecule has 0 aliphatic carbocycles. The predicted molar refractivity (Wildman–Crippen MR) is 102 cm³/mol. The molecule has 0 atom stereocenters. The second-order valence-electron chi connectivity index (χ2n) is 5.86. The third-order valence-electron chi connectivity index (χ3n) is 4.04. The number of hydrogen-bond donors (Lipinski definition) is 1. The molecular formula is C18H17ClN2O5S. The molecular weight excluding hydrogens is 392 g/mol. The predicted octanol–water partition coefficient (Wildman–Crippen LogP) is 2.50. The minimum absolute atomic E-state index is 0.000182. The monoisotopic (exact) mass is 408 g/mol. The Morgan fingerprint density at radius 3 is 2.59 bits per heavy atom. The van der Waals surface area contributed by atoms with E-state index in [1.807, 2.05) is 0 Å². The fourth-order valence-electron chi connectivity index (χ4n) is 2.61. The lowest BCUT2D eigenvalue weighted by molar-refractivity contribution is -0.123. The fourth-order valence-corrected chi connectivity index (χ4v) is 3.66. The van der Waals surface area contributed by atoms with Gasteiger partial charge in [0.1, 0.15) is 12.3 Å². The van der Waals surface area contributed by atoms with Gasteiger partial charge in [0.15, 0.2) is 16.4 Å². The van der Waals surface area contributed by atoms with Gasteiger partial charge in [-0.25, -0.2) is 8.42 Å². The minimum atomic E-state index is -3.30. The van der Waals surface area contributed by atoms with Crippen LogP contribution in [0, 0.1) is 0 Å². The van der Waals surface area contributed by atoms with E-state index in [0.29, 0.717) is 22.1 Å². The van der Waals surface area contributed by atoms with Crippen molar-refractivity contribution in [3.63, 3.8) is 0 Å². The van der Waals surface area contributed by atoms with Crippen molar-refractivity contribution in [2.24, 2.45) is 0 Å². The topological polar surface area (TPSA) is 92.8 Å². The molecule has 1 aliphatic rings. The number of carbonyl (C=O) groups is 2. The zero-order valence-electron chi connectivity index (χ0n) is 14.4. The highest BCUT2D eigenvalue weighted by Gasteiger charge is 2.27. The van der Waals surface area contributed by atoms with Crippen molar-refractivity contribution in [1.82, 2.24) is 0 Å². The molecule has 0 fully saturated rings. The summed E-state index contributed by atoms with van der Waals surface area (Å²) in [6, 6.07) is 10.7. The zero-order valence-corrected chi connectivity index (χ0v) is 16.0. The Bertz CT molecular complexity index is 989. The van der Waals surface area contributed by atoms with Crippen LogP contribution in [0.25, 0.3) is 0 Å². The average molecular weight is 409 g/mol. The molecule has 0 bridgehead atoms. The first-order valence-corrected chi connectivity index (χ1v) is 10.2. The number of amides is 2. The standard InChI is InChI=1S/C18H17ClN2O5S/c1-2-27(24,25)14-6-4-13(5-7-14)20-17(22)10-21-15-9-12(19)3-8-16(15)26-11-18(21)23/h3-9H,2,10-11H2,1H3,(H,20,22). The van der Waals surface area contributed by atoms with Gasteiger partial charge in [-0.05, 0) is 42.5 Å². The molecule has 9 heteroatoms. The first kappa shape index (κ1) is 19.2. The van der Waals surface area contributed by atoms with Gasteiger partial charge in [-0.15, -0.1) is 0 Å². The van der Waals surface area contributed by atoms with Crippen LogP contribution in [-0.4, -0.2) is 39.1 Å². The van der Waals surface area contributed by atoms with Crippen LogP contribution in [-0.2, 0) is 19.4 Å². The Balaban J connectivity index is 1.73. The summed E-state index contributed by atoms with van der Waals surface area (Å²) in [7, 11) is -3.30. The molecule has 7 nitrogen and oxygen atoms in total. The van der Waals surface area contributed by atoms with Gasteiger partial charge >= 0.3 is 0 Å². The maximum Gasteiger partial charge on any atom is 0.265 e. The van der Waals surface area contributed by atoms with Crippen LogP contribution in [0.15, 0.2) is 47.4 Å². The summed E-state index contributed by atoms with van der Waals surface area (Å²) in [6.07, 6.45) is 0. The van der Waals surface area contributed by atoms with E-state index >= 15 is 0 Å². The summed E-state index contributed by atoms with van der Waals surface area (Å²) >= 11 is 5.98. The molecule has 1 aliphatic heterocycles. The first-order chi connectivity index (χ1) is 12.8. The molecule has 2 amide bonds. The summed E-state index contributed by atoms with van der Waals surface area (Å²) in [5.74, 6) is -0.313. The Labute approximate surface area is 161 Å². The zero-order chi connectivity index (χ0) is 19.6. The molecule has 1 N–H and O–H groups in total. The molecule has 1 heterocycles. The van der Waals surface area contributed by atoms with E-state index in [2.05, 4.69) is 5.32 Å². The first-order valence-electron chi connectivity index (χ1n) is 8.15. The highest BCUT2D eigenvalue weighted by molar-refractivity contribution is 7.91. The van der Waals surface area contributed by atoms with Crippen LogP contribution in [0.1, 0.15) is 6.92 Å². The summed E-state index contributed by atoms with van der Waals surface area (Å²) in [6.45, 7) is 1.19. The van der Waals surface area contributed by atoms with E-state index in [4.69, 9.17) is 16.3 Å². The summed E-state index contributed by atoms with van der Waals surface area (Å²) < 4.78 is 29.0. The van der Waals surface area contributed by atoms with Gasteiger partial charge in [0.2, 0.25) is 5.91 Å². The number of benzene rings is 2. The van der Waals surface area contributed by atoms with Crippen LogP contribution in [0.3, 0.4) is 0 Å². The van der Waals surface area contributed by atoms with Crippen molar-refractivity contribution >= 4 is 44.6 Å². The number of ether oxygens (including phenoxy) is 1. The SMILES string of the molecule is CCS(=O)(=O)c1ccc(NC(=O)CN2C(=O)COc3ccc(Cl)cc32)cc1. The van der Waals surface area contributed by atoms with Crippen molar-refractivity contribution < 1.29 is 22.7 Å². The summed E-state index contributed by atoms with van der Waals surface area (Å²) in [4.78, 5) is 26.0. The Morgan fingerprint density at radius 2 is 1.93 bits per heavy atom. The van der Waals surface area contributed by atoms with E-state index in [-0.39, 0.29) is 29.7 Å². The Morgan fingerprint density at radius 1 is 1.22 bits per heavy atom. The number of carbonyl (C=O) groups excluding carboxylic acids is 2. The van der Waals surface area contributed by atoms with Gasteiger partial charge in [-0.2, -0.15) is 0 Å². The highest BCUT2D eigenvalue weighted by Crippen LogP contribution is 2.34. The van der Waals surface area contributed by atoms with Gasteiger partial charge in [-0.1, -0.05) is 18.5 Å². The van der Waals surface area contributed by atoms with Crippen LogP contribution in [0.5, 0.6) is 5.75 Å². The van der Waals surface area contributed by atoms with E-state index in [9.17, 15) is 18.0 Å². The second kappa shape index (κ2) is 7.58. The lowest BCUT2D eigenvalue weighted by Crippen LogP contribution is -2.43. The number of halogens is 1. The maximum absolute atomic E-state index is 12.4. The third kappa shape index (κ3) is 4.23. The normalized spacial score (nSPS) is 13.7. The number of nitrogens with one attached hydrogen (secondary N) is 1. The number of sulfone groups is 1. The molecule has 2 aromatic carbocycles. The number of rotatable bonds is 5. The van der Waals surface area contributed by atoms with Crippen molar-refractivity contribution in [2.45, 2.75) is 11.8 Å². The molecule has 0 radical (unpaired) electrons. The smallest absolute Gasteiger partial charge is 0.265 e. The van der Waals surface area contributed by atoms with Crippen molar-refractivity contribution in [1.29, 1.82) is 0 Å². The molecule has 0 spiro atoms. The van der Waals surface area contributed by atoms with E-state index < -0.39 is 15.7 Å². The van der Waals surface area contributed by atoms with E-state index in [0.717, 1.165) is 0 Å². The molecule has 0 saturated heterocycles. The third-order valence-corrected chi connectivity index (χ3v) is 6.03. The number of anilines is 2. The molecule has 0 saturated carbocycles. The second-order valence-corrected chi connectivity index (χ2v) is 8.57. The lowest BCUT2D eigenvalue weighted by Gasteiger charge is -2.29. The molecule has 3 rings (SSSR count). The minimum Gasteiger partial charge on any atom is -0.482 e. The highest BCUT2D eigenvalue weighted by atomic mass is 35.5. The molecule has 27 heavy (non-hydrogen) atoms. The van der Waals surface area contributed by atoms with Gasteiger partial charge < -0.3 is 10.1 Å². The fraction of sp³-hybridized carbons (Fsp3) is 0.222. The Hall–Kier alpha value is -2.58. The van der Waals surface area contributed by atoms with Crippen LogP contribution in [0.4, 0.5) is 11.4 Å². The lowest BCUT2D eigenvalue weighted by atomic mass is 10.2. The van der Waals surface area contributed by atoms with Crippen LogP contribution >= 0.6 is 11.6 Å². The van der Waals surface area contributed by atoms with Crippen molar-refractivity contribution in [3.8, 4) is 5.75 Å². The van der Waals surface area contributed by atoms with Gasteiger partial charge in [0, 0.05) is 10.7 Å². The molecule has 2 aromatic rings. The van der Waals surface area contributed by atoms with Gasteiger partial charge in [0.25, 0.3) is 5.91 Å². The van der Waals surface area contributed by atoms with E-state index in [1.165, 1.54) is 29.2 Å². The summed E-state index contributed by atoms with van der Waals surface area (Å²) in [5, 5.41) is 3.07. The largest absolute Gasteiger partial charge is 0.482 e. The van der Waals surface area contributed by atoms with Crippen LogP contribution in [0.2, 0.25) is 5.02 Å². The number of nitrogens with zero attached hydrogens (tertiary/aromatic N) is 1. The number of hydrogen-bond acceptors (Lipinski definition) is 5. The average Bonchev–Trinajstić information content (AvgIpc) is 2.64. The quantitative estimate of drug-likeness (QED) is 0.820. The molecule has 0 aromatic heterocycles. The van der Waals surface area contributed by atoms with Crippen LogP contribution < -0.4 is 15.0 Å². The van der Waals surface area contributed by atoms with Crippen molar-refractivity contribution in [3.05, 3.63) is 47.5 Å². The van der Waals surface area contributed by atoms with E-state index in [1.54, 1.807) is 25.1 Å². The summed E-state index contributed by atoms with van der Waals surface area (Å²) in [5.41, 5.74) is 0.861. The maximum atomic E-state index is 12.4. The number of fused-ring (bicyclic) bond motifs is 1. The van der Waals surface area contributed by atoms with Crippen molar-refractivity contribution in [2.75, 3.05) is 29.1 Å². The Kier molecular flexibility index (Phi) is 5.38. The van der Waals surface area contributed by atoms with Gasteiger partial charge in [0.05, 0.1) is 16.3 Å².